The van der Waals surface area contributed by atoms with Gasteiger partial charge in [0.2, 0.25) is 15.9 Å². The number of anilines is 1. The van der Waals surface area contributed by atoms with Crippen molar-refractivity contribution in [2.75, 3.05) is 11.9 Å². The Morgan fingerprint density at radius 2 is 1.74 bits per heavy atom. The fraction of sp³-hybridized carbons (Fsp3) is 0.125. The van der Waals surface area contributed by atoms with Crippen molar-refractivity contribution in [3.63, 3.8) is 0 Å². The third kappa shape index (κ3) is 4.33. The molecule has 0 saturated heterocycles. The quantitative estimate of drug-likeness (QED) is 0.467. The zero-order valence-electron chi connectivity index (χ0n) is 17.8. The highest BCUT2D eigenvalue weighted by Gasteiger charge is 2.28. The van der Waals surface area contributed by atoms with Crippen LogP contribution in [0.2, 0.25) is 0 Å². The predicted molar refractivity (Wildman–Crippen MR) is 122 cm³/mol. The van der Waals surface area contributed by atoms with Crippen molar-refractivity contribution in [1.82, 2.24) is 14.5 Å². The third-order valence-corrected chi connectivity index (χ3v) is 7.43. The molecule has 1 N–H and O–H groups in total. The number of halogens is 1. The monoisotopic (exact) mass is 478 g/mol. The molecule has 0 fully saturated rings. The predicted octanol–water partition coefficient (Wildman–Crippen LogP) is 3.88. The van der Waals surface area contributed by atoms with E-state index < -0.39 is 21.7 Å². The molecule has 10 heteroatoms. The molecule has 0 atom stereocenters. The summed E-state index contributed by atoms with van der Waals surface area (Å²) in [7, 11) is -3.71. The number of rotatable bonds is 5. The molecule has 0 radical (unpaired) electrons. The maximum absolute atomic E-state index is 13.4. The zero-order chi connectivity index (χ0) is 23.7. The summed E-state index contributed by atoms with van der Waals surface area (Å²) in [6.07, 6.45) is 0.650. The number of aromatic nitrogens is 2. The van der Waals surface area contributed by atoms with E-state index >= 15 is 0 Å². The number of nitrogens with zero attached hydrogens (tertiary/aromatic N) is 3. The van der Waals surface area contributed by atoms with Gasteiger partial charge in [0.15, 0.2) is 0 Å². The van der Waals surface area contributed by atoms with E-state index in [0.717, 1.165) is 11.1 Å². The Morgan fingerprint density at radius 1 is 0.971 bits per heavy atom. The largest absolute Gasteiger partial charge is 0.403 e. The SMILES string of the molecule is O=C(Nc1nnc(-c2cccc(F)c2)o1)c1ccc(S(=O)(=O)N2CCc3ccccc3C2)cc1. The first kappa shape index (κ1) is 21.9. The molecule has 2 heterocycles. The van der Waals surface area contributed by atoms with Gasteiger partial charge in [-0.05, 0) is 60.0 Å². The van der Waals surface area contributed by atoms with E-state index in [0.29, 0.717) is 25.1 Å². The Morgan fingerprint density at radius 3 is 2.50 bits per heavy atom. The number of sulfonamides is 1. The minimum atomic E-state index is -3.71. The molecule has 0 unspecified atom stereocenters. The molecule has 1 aliphatic rings. The maximum atomic E-state index is 13.4. The fourth-order valence-corrected chi connectivity index (χ4v) is 5.20. The summed E-state index contributed by atoms with van der Waals surface area (Å²) < 4.78 is 46.4. The molecule has 0 spiro atoms. The molecule has 0 bridgehead atoms. The molecular formula is C24H19FN4O4S. The van der Waals surface area contributed by atoms with E-state index in [-0.39, 0.29) is 22.4 Å². The van der Waals surface area contributed by atoms with Crippen molar-refractivity contribution >= 4 is 21.9 Å². The highest BCUT2D eigenvalue weighted by Crippen LogP contribution is 2.25. The minimum Gasteiger partial charge on any atom is -0.403 e. The third-order valence-electron chi connectivity index (χ3n) is 5.57. The first-order valence-corrected chi connectivity index (χ1v) is 11.9. The number of amides is 1. The molecule has 1 aromatic heterocycles. The second kappa shape index (κ2) is 8.81. The van der Waals surface area contributed by atoms with Gasteiger partial charge in [0, 0.05) is 24.2 Å². The van der Waals surface area contributed by atoms with Gasteiger partial charge in [-0.25, -0.2) is 12.8 Å². The molecule has 1 aliphatic heterocycles. The second-order valence-electron chi connectivity index (χ2n) is 7.76. The Kier molecular flexibility index (Phi) is 5.68. The second-order valence-corrected chi connectivity index (χ2v) is 9.70. The average molecular weight is 479 g/mol. The number of benzene rings is 3. The van der Waals surface area contributed by atoms with Gasteiger partial charge in [0.1, 0.15) is 5.82 Å². The van der Waals surface area contributed by atoms with Crippen LogP contribution in [0.5, 0.6) is 0 Å². The number of nitrogens with one attached hydrogen (secondary N) is 1. The number of hydrogen-bond donors (Lipinski definition) is 1. The maximum Gasteiger partial charge on any atom is 0.322 e. The van der Waals surface area contributed by atoms with Crippen molar-refractivity contribution in [2.24, 2.45) is 0 Å². The number of hydrogen-bond acceptors (Lipinski definition) is 6. The van der Waals surface area contributed by atoms with Crippen LogP contribution < -0.4 is 5.32 Å². The first-order valence-electron chi connectivity index (χ1n) is 10.5. The van der Waals surface area contributed by atoms with E-state index in [4.69, 9.17) is 4.42 Å². The van der Waals surface area contributed by atoms with Crippen molar-refractivity contribution in [2.45, 2.75) is 17.9 Å². The van der Waals surface area contributed by atoms with Gasteiger partial charge < -0.3 is 4.42 Å². The summed E-state index contributed by atoms with van der Waals surface area (Å²) in [6.45, 7) is 0.706. The average Bonchev–Trinajstić information content (AvgIpc) is 3.32. The lowest BCUT2D eigenvalue weighted by Crippen LogP contribution is -2.35. The van der Waals surface area contributed by atoms with Crippen LogP contribution in [-0.2, 0) is 23.0 Å². The van der Waals surface area contributed by atoms with Crippen LogP contribution in [0.3, 0.4) is 0 Å². The summed E-state index contributed by atoms with van der Waals surface area (Å²) in [5.74, 6) is -0.949. The van der Waals surface area contributed by atoms with Crippen LogP contribution in [0, 0.1) is 5.82 Å². The Balaban J connectivity index is 1.28. The summed E-state index contributed by atoms with van der Waals surface area (Å²) in [4.78, 5) is 12.7. The Hall–Kier alpha value is -3.89. The molecule has 5 rings (SSSR count). The van der Waals surface area contributed by atoms with E-state index in [1.165, 1.54) is 46.8 Å². The van der Waals surface area contributed by atoms with Crippen molar-refractivity contribution in [1.29, 1.82) is 0 Å². The van der Waals surface area contributed by atoms with Crippen molar-refractivity contribution in [3.8, 4) is 11.5 Å². The van der Waals surface area contributed by atoms with E-state index in [2.05, 4.69) is 15.5 Å². The van der Waals surface area contributed by atoms with Crippen LogP contribution in [-0.4, -0.2) is 35.4 Å². The molecule has 0 aliphatic carbocycles. The number of fused-ring (bicyclic) bond motifs is 1. The van der Waals surface area contributed by atoms with Crippen LogP contribution in [0.15, 0.2) is 82.1 Å². The van der Waals surface area contributed by atoms with Gasteiger partial charge in [-0.1, -0.05) is 35.4 Å². The van der Waals surface area contributed by atoms with Gasteiger partial charge in [0.05, 0.1) is 4.90 Å². The van der Waals surface area contributed by atoms with E-state index in [1.54, 1.807) is 6.07 Å². The molecule has 1 amide bonds. The first-order chi connectivity index (χ1) is 16.4. The van der Waals surface area contributed by atoms with Crippen molar-refractivity contribution < 1.29 is 22.0 Å². The summed E-state index contributed by atoms with van der Waals surface area (Å²) in [6, 6.07) is 18.9. The lowest BCUT2D eigenvalue weighted by Gasteiger charge is -2.28. The van der Waals surface area contributed by atoms with Gasteiger partial charge in [-0.15, -0.1) is 5.10 Å². The molecule has 3 aromatic carbocycles. The highest BCUT2D eigenvalue weighted by atomic mass is 32.2. The normalized spacial score (nSPS) is 13.9. The Bertz CT molecular complexity index is 1470. The zero-order valence-corrected chi connectivity index (χ0v) is 18.6. The molecule has 172 valence electrons. The van der Waals surface area contributed by atoms with Crippen molar-refractivity contribution in [3.05, 3.63) is 95.3 Å². The fourth-order valence-electron chi connectivity index (χ4n) is 3.78. The van der Waals surface area contributed by atoms with Gasteiger partial charge in [-0.3, -0.25) is 10.1 Å². The summed E-state index contributed by atoms with van der Waals surface area (Å²) in [5.41, 5.74) is 2.74. The standard InChI is InChI=1S/C24H19FN4O4S/c25-20-7-3-6-18(14-20)23-27-28-24(33-23)26-22(30)17-8-10-21(11-9-17)34(31,32)29-13-12-16-4-1-2-5-19(16)15-29/h1-11,14H,12-13,15H2,(H,26,28,30). The number of carbonyl (C=O) groups is 1. The lowest BCUT2D eigenvalue weighted by atomic mass is 10.0. The molecule has 0 saturated carbocycles. The van der Waals surface area contributed by atoms with Crippen LogP contribution in [0.25, 0.3) is 11.5 Å². The molecular weight excluding hydrogens is 459 g/mol. The Labute approximate surface area is 195 Å². The molecule has 34 heavy (non-hydrogen) atoms. The topological polar surface area (TPSA) is 105 Å². The van der Waals surface area contributed by atoms with Gasteiger partial charge in [0.25, 0.3) is 5.91 Å². The highest BCUT2D eigenvalue weighted by molar-refractivity contribution is 7.89. The van der Waals surface area contributed by atoms with Crippen LogP contribution in [0.4, 0.5) is 10.4 Å². The van der Waals surface area contributed by atoms with E-state index in [1.807, 2.05) is 24.3 Å². The smallest absolute Gasteiger partial charge is 0.322 e. The molecule has 4 aromatic rings. The molecule has 8 nitrogen and oxygen atoms in total. The summed E-state index contributed by atoms with van der Waals surface area (Å²) in [5, 5.41) is 10.0. The van der Waals surface area contributed by atoms with Crippen LogP contribution in [0.1, 0.15) is 21.5 Å². The van der Waals surface area contributed by atoms with Gasteiger partial charge in [-0.2, -0.15) is 4.31 Å². The summed E-state index contributed by atoms with van der Waals surface area (Å²) >= 11 is 0. The van der Waals surface area contributed by atoms with Crippen LogP contribution >= 0.6 is 0 Å². The minimum absolute atomic E-state index is 0.0550. The van der Waals surface area contributed by atoms with Gasteiger partial charge >= 0.3 is 6.01 Å². The lowest BCUT2D eigenvalue weighted by molar-refractivity contribution is 0.102. The number of carbonyl (C=O) groups excluding carboxylic acids is 1. The van der Waals surface area contributed by atoms with E-state index in [9.17, 15) is 17.6 Å².